The van der Waals surface area contributed by atoms with Gasteiger partial charge in [-0.15, -0.1) is 0 Å². The summed E-state index contributed by atoms with van der Waals surface area (Å²) in [5.41, 5.74) is 2.49. The topological polar surface area (TPSA) is 138 Å². The predicted octanol–water partition coefficient (Wildman–Crippen LogP) is 3.48. The Bertz CT molecular complexity index is 1640. The van der Waals surface area contributed by atoms with Crippen molar-refractivity contribution in [1.29, 1.82) is 0 Å². The summed E-state index contributed by atoms with van der Waals surface area (Å²) in [5.74, 6) is -1.12. The Kier molecular flexibility index (Phi) is 5.32. The van der Waals surface area contributed by atoms with E-state index in [1.165, 1.54) is 19.2 Å². The van der Waals surface area contributed by atoms with Crippen LogP contribution in [0.2, 0.25) is 0 Å². The van der Waals surface area contributed by atoms with Crippen molar-refractivity contribution in [2.24, 2.45) is 7.05 Å². The largest absolute Gasteiger partial charge is 0.425 e. The zero-order valence-corrected chi connectivity index (χ0v) is 19.6. The van der Waals surface area contributed by atoms with Gasteiger partial charge in [0.15, 0.2) is 6.23 Å². The molecular formula is C25H21N5O6. The van der Waals surface area contributed by atoms with E-state index in [9.17, 15) is 24.5 Å². The molecule has 1 aliphatic rings. The van der Waals surface area contributed by atoms with Gasteiger partial charge in [0.05, 0.1) is 27.1 Å². The molecule has 4 aromatic rings. The maximum atomic E-state index is 13.1. The summed E-state index contributed by atoms with van der Waals surface area (Å²) in [4.78, 5) is 48.8. The summed E-state index contributed by atoms with van der Waals surface area (Å²) in [7, 11) is 3.17. The van der Waals surface area contributed by atoms with Gasteiger partial charge in [-0.2, -0.15) is 0 Å². The number of benzene rings is 2. The molecule has 0 radical (unpaired) electrons. The zero-order valence-electron chi connectivity index (χ0n) is 19.6. The molecule has 0 saturated heterocycles. The summed E-state index contributed by atoms with van der Waals surface area (Å²) in [6.07, 6.45) is 2.05. The Morgan fingerprint density at radius 3 is 2.33 bits per heavy atom. The number of hydrogen-bond donors (Lipinski definition) is 2. The lowest BCUT2D eigenvalue weighted by molar-refractivity contribution is -0.384. The molecule has 2 aromatic carbocycles. The number of amides is 3. The zero-order chi connectivity index (χ0) is 25.7. The molecule has 1 aliphatic heterocycles. The third kappa shape index (κ3) is 3.49. The minimum Gasteiger partial charge on any atom is -0.425 e. The summed E-state index contributed by atoms with van der Waals surface area (Å²) in [5, 5.41) is 17.3. The monoisotopic (exact) mass is 487 g/mol. The maximum absolute atomic E-state index is 13.1. The van der Waals surface area contributed by atoms with Gasteiger partial charge in [-0.25, -0.2) is 4.79 Å². The molecule has 5 rings (SSSR count). The molecule has 3 heterocycles. The van der Waals surface area contributed by atoms with Crippen LogP contribution < -0.4 is 10.6 Å². The van der Waals surface area contributed by atoms with Crippen molar-refractivity contribution in [3.8, 4) is 0 Å². The van der Waals surface area contributed by atoms with Crippen molar-refractivity contribution < 1.29 is 24.0 Å². The quantitative estimate of drug-likeness (QED) is 0.251. The number of nitro benzene ring substituents is 1. The molecule has 1 atom stereocenters. The number of nitrogens with zero attached hydrogens (tertiary/aromatic N) is 3. The van der Waals surface area contributed by atoms with Gasteiger partial charge in [-0.3, -0.25) is 25.0 Å². The number of para-hydroxylation sites is 1. The standard InChI is InChI=1S/C25H21N5O6/c1-13(36-25(33)26-2)29-12-18(15-6-4-5-7-19(15)29)22-21(23(31)27-24(22)32)17-11-28(3)20-10-14(30(34)35)8-9-16(17)20/h4-13H,1-3H3,(H,26,33)(H,27,31,32). The van der Waals surface area contributed by atoms with E-state index in [1.807, 2.05) is 24.3 Å². The number of non-ortho nitro benzene ring substituents is 1. The van der Waals surface area contributed by atoms with Gasteiger partial charge in [0.25, 0.3) is 17.5 Å². The molecule has 0 bridgehead atoms. The van der Waals surface area contributed by atoms with Crippen LogP contribution in [0, 0.1) is 10.1 Å². The molecule has 0 saturated carbocycles. The van der Waals surface area contributed by atoms with E-state index in [-0.39, 0.29) is 16.8 Å². The molecule has 0 spiro atoms. The van der Waals surface area contributed by atoms with Crippen molar-refractivity contribution >= 4 is 56.5 Å². The molecule has 182 valence electrons. The van der Waals surface area contributed by atoms with E-state index in [0.717, 1.165) is 0 Å². The predicted molar refractivity (Wildman–Crippen MR) is 132 cm³/mol. The van der Waals surface area contributed by atoms with Crippen LogP contribution in [-0.4, -0.2) is 39.0 Å². The fourth-order valence-corrected chi connectivity index (χ4v) is 4.63. The number of rotatable bonds is 5. The van der Waals surface area contributed by atoms with Gasteiger partial charge >= 0.3 is 6.09 Å². The lowest BCUT2D eigenvalue weighted by atomic mass is 9.95. The fourth-order valence-electron chi connectivity index (χ4n) is 4.63. The molecule has 11 heteroatoms. The lowest BCUT2D eigenvalue weighted by Gasteiger charge is -2.15. The number of carbonyl (C=O) groups is 3. The van der Waals surface area contributed by atoms with Gasteiger partial charge in [-0.1, -0.05) is 18.2 Å². The fraction of sp³-hybridized carbons (Fsp3) is 0.160. The van der Waals surface area contributed by atoms with Crippen molar-refractivity contribution in [2.45, 2.75) is 13.2 Å². The number of hydrogen-bond acceptors (Lipinski definition) is 6. The van der Waals surface area contributed by atoms with E-state index < -0.39 is 29.1 Å². The second-order valence-corrected chi connectivity index (χ2v) is 8.37. The number of alkyl carbamates (subject to hydrolysis) is 1. The van der Waals surface area contributed by atoms with E-state index in [4.69, 9.17) is 4.74 Å². The van der Waals surface area contributed by atoms with E-state index in [1.54, 1.807) is 41.6 Å². The van der Waals surface area contributed by atoms with Crippen LogP contribution in [0.15, 0.2) is 54.9 Å². The Morgan fingerprint density at radius 1 is 1.03 bits per heavy atom. The first-order chi connectivity index (χ1) is 17.2. The number of carbonyl (C=O) groups excluding carboxylic acids is 3. The Balaban J connectivity index is 1.76. The molecule has 0 aliphatic carbocycles. The maximum Gasteiger partial charge on any atom is 0.408 e. The number of nitro groups is 1. The van der Waals surface area contributed by atoms with Crippen LogP contribution in [0.4, 0.5) is 10.5 Å². The van der Waals surface area contributed by atoms with Crippen LogP contribution >= 0.6 is 0 Å². The molecule has 3 amide bonds. The first kappa shape index (κ1) is 22.8. The lowest BCUT2D eigenvalue weighted by Crippen LogP contribution is -2.23. The number of nitrogens with one attached hydrogen (secondary N) is 2. The Labute approximate surface area is 204 Å². The first-order valence-corrected chi connectivity index (χ1v) is 11.0. The number of imide groups is 1. The van der Waals surface area contributed by atoms with Gasteiger partial charge in [-0.05, 0) is 19.1 Å². The molecule has 2 aromatic heterocycles. The van der Waals surface area contributed by atoms with Gasteiger partial charge in [0.1, 0.15) is 0 Å². The Hall–Kier alpha value is -4.93. The molecule has 2 N–H and O–H groups in total. The first-order valence-electron chi connectivity index (χ1n) is 11.0. The molecule has 11 nitrogen and oxygen atoms in total. The van der Waals surface area contributed by atoms with Crippen LogP contribution in [0.25, 0.3) is 33.0 Å². The number of aryl methyl sites for hydroxylation is 1. The SMILES string of the molecule is CNC(=O)OC(C)n1cc(C2=C(c3cn(C)c4cc([N+](=O)[O-])ccc34)C(=O)NC2=O)c2ccccc21. The number of aromatic nitrogens is 2. The van der Waals surface area contributed by atoms with E-state index >= 15 is 0 Å². The average Bonchev–Trinajstić information content (AvgIpc) is 3.49. The van der Waals surface area contributed by atoms with E-state index in [0.29, 0.717) is 32.9 Å². The summed E-state index contributed by atoms with van der Waals surface area (Å²) < 4.78 is 8.79. The smallest absolute Gasteiger partial charge is 0.408 e. The van der Waals surface area contributed by atoms with E-state index in [2.05, 4.69) is 10.6 Å². The third-order valence-corrected chi connectivity index (χ3v) is 6.27. The highest BCUT2D eigenvalue weighted by molar-refractivity contribution is 6.50. The highest BCUT2D eigenvalue weighted by atomic mass is 16.6. The minimum atomic E-state index is -0.703. The minimum absolute atomic E-state index is 0.0791. The van der Waals surface area contributed by atoms with Crippen molar-refractivity contribution in [2.75, 3.05) is 7.05 Å². The normalized spacial score (nSPS) is 14.4. The summed E-state index contributed by atoms with van der Waals surface area (Å²) >= 11 is 0. The third-order valence-electron chi connectivity index (χ3n) is 6.27. The molecule has 1 unspecified atom stereocenters. The van der Waals surface area contributed by atoms with Gasteiger partial charge in [0, 0.05) is 60.5 Å². The van der Waals surface area contributed by atoms with Crippen LogP contribution in [0.5, 0.6) is 0 Å². The van der Waals surface area contributed by atoms with Crippen molar-refractivity contribution in [1.82, 2.24) is 19.8 Å². The highest BCUT2D eigenvalue weighted by Crippen LogP contribution is 2.40. The van der Waals surface area contributed by atoms with Crippen LogP contribution in [-0.2, 0) is 21.4 Å². The number of ether oxygens (including phenoxy) is 1. The van der Waals surface area contributed by atoms with Crippen LogP contribution in [0.3, 0.4) is 0 Å². The number of fused-ring (bicyclic) bond motifs is 2. The van der Waals surface area contributed by atoms with Crippen molar-refractivity contribution in [3.63, 3.8) is 0 Å². The molecular weight excluding hydrogens is 466 g/mol. The summed E-state index contributed by atoms with van der Waals surface area (Å²) in [6.45, 7) is 1.69. The second kappa shape index (κ2) is 8.38. The van der Waals surface area contributed by atoms with Gasteiger partial charge in [0.2, 0.25) is 0 Å². The molecule has 36 heavy (non-hydrogen) atoms. The molecule has 0 fully saturated rings. The van der Waals surface area contributed by atoms with Gasteiger partial charge < -0.3 is 19.2 Å². The Morgan fingerprint density at radius 2 is 1.67 bits per heavy atom. The van der Waals surface area contributed by atoms with Crippen molar-refractivity contribution in [3.05, 3.63) is 76.1 Å². The van der Waals surface area contributed by atoms with Crippen LogP contribution in [0.1, 0.15) is 24.3 Å². The highest BCUT2D eigenvalue weighted by Gasteiger charge is 2.35. The average molecular weight is 487 g/mol. The second-order valence-electron chi connectivity index (χ2n) is 8.37. The summed E-state index contributed by atoms with van der Waals surface area (Å²) in [6, 6.07) is 11.7.